The molecule has 2 heterocycles. The van der Waals surface area contributed by atoms with Crippen molar-refractivity contribution in [2.75, 3.05) is 20.3 Å². The number of fused-ring (bicyclic) bond motifs is 1. The molecule has 0 aliphatic heterocycles. The van der Waals surface area contributed by atoms with Gasteiger partial charge in [-0.2, -0.15) is 0 Å². The van der Waals surface area contributed by atoms with Gasteiger partial charge in [0.25, 0.3) is 5.56 Å². The number of carbonyl (C=O) groups excluding carboxylic acids is 1. The molecule has 7 nitrogen and oxygen atoms in total. The summed E-state index contributed by atoms with van der Waals surface area (Å²) in [6.45, 7) is 3.13. The Balaban J connectivity index is 1.49. The second kappa shape index (κ2) is 8.67. The van der Waals surface area contributed by atoms with E-state index in [1.54, 1.807) is 36.3 Å². The van der Waals surface area contributed by atoms with Crippen LogP contribution < -0.4 is 5.56 Å². The minimum absolute atomic E-state index is 0.176. The molecule has 1 N–H and O–H groups in total. The summed E-state index contributed by atoms with van der Waals surface area (Å²) in [4.78, 5) is 34.0. The van der Waals surface area contributed by atoms with Crippen LogP contribution in [0.25, 0.3) is 17.0 Å². The number of hydrogen-bond donors (Lipinski definition) is 1. The van der Waals surface area contributed by atoms with E-state index in [4.69, 9.17) is 9.15 Å². The standard InChI is InChI=1S/C23H25N3O4/c1-15-13-18(15)20-9-7-16(30-20)8-10-22(27)26(11-12-29-2)14-21-24-19-6-4-3-5-17(19)23(28)25-21/h3-10,15,18H,11-14H2,1-2H3,(H,24,25,28). The number of nitrogens with zero attached hydrogens (tertiary/aromatic N) is 2. The fourth-order valence-electron chi connectivity index (χ4n) is 3.49. The molecule has 4 rings (SSSR count). The van der Waals surface area contributed by atoms with Crippen molar-refractivity contribution >= 4 is 22.9 Å². The van der Waals surface area contributed by atoms with E-state index in [1.807, 2.05) is 18.2 Å². The normalized spacial score (nSPS) is 18.2. The number of nitrogens with one attached hydrogen (secondary N) is 1. The van der Waals surface area contributed by atoms with Crippen LogP contribution in [0, 0.1) is 5.92 Å². The van der Waals surface area contributed by atoms with Gasteiger partial charge in [0.05, 0.1) is 24.1 Å². The van der Waals surface area contributed by atoms with Gasteiger partial charge in [0.2, 0.25) is 5.91 Å². The molecule has 0 spiro atoms. The maximum atomic E-state index is 12.8. The highest BCUT2D eigenvalue weighted by Gasteiger charge is 2.36. The minimum Gasteiger partial charge on any atom is -0.461 e. The van der Waals surface area contributed by atoms with Gasteiger partial charge in [-0.25, -0.2) is 4.98 Å². The van der Waals surface area contributed by atoms with Gasteiger partial charge in [0.1, 0.15) is 17.3 Å². The summed E-state index contributed by atoms with van der Waals surface area (Å²) in [5.74, 6) is 3.01. The zero-order valence-electron chi connectivity index (χ0n) is 17.1. The highest BCUT2D eigenvalue weighted by atomic mass is 16.5. The second-order valence-electron chi connectivity index (χ2n) is 7.68. The third-order valence-electron chi connectivity index (χ3n) is 5.39. The fourth-order valence-corrected chi connectivity index (χ4v) is 3.49. The summed E-state index contributed by atoms with van der Waals surface area (Å²) in [6.07, 6.45) is 4.31. The smallest absolute Gasteiger partial charge is 0.258 e. The second-order valence-corrected chi connectivity index (χ2v) is 7.68. The van der Waals surface area contributed by atoms with Crippen LogP contribution in [0.15, 0.2) is 51.7 Å². The Labute approximate surface area is 174 Å². The van der Waals surface area contributed by atoms with Crippen LogP contribution in [0.3, 0.4) is 0 Å². The van der Waals surface area contributed by atoms with Gasteiger partial charge in [-0.3, -0.25) is 9.59 Å². The predicted octanol–water partition coefficient (Wildman–Crippen LogP) is 3.33. The lowest BCUT2D eigenvalue weighted by atomic mass is 10.2. The fraction of sp³-hybridized carbons (Fsp3) is 0.348. The summed E-state index contributed by atoms with van der Waals surface area (Å²) in [5, 5.41) is 0.523. The number of ether oxygens (including phenoxy) is 1. The van der Waals surface area contributed by atoms with Crippen molar-refractivity contribution < 1.29 is 13.9 Å². The maximum absolute atomic E-state index is 12.8. The van der Waals surface area contributed by atoms with Crippen LogP contribution in [-0.2, 0) is 16.1 Å². The zero-order chi connectivity index (χ0) is 21.1. The number of para-hydroxylation sites is 1. The number of furan rings is 1. The lowest BCUT2D eigenvalue weighted by molar-refractivity contribution is -0.127. The molecule has 1 aliphatic rings. The molecule has 2 unspecified atom stereocenters. The first-order valence-corrected chi connectivity index (χ1v) is 10.1. The predicted molar refractivity (Wildman–Crippen MR) is 114 cm³/mol. The monoisotopic (exact) mass is 407 g/mol. The van der Waals surface area contributed by atoms with Gasteiger partial charge in [0.15, 0.2) is 0 Å². The quantitative estimate of drug-likeness (QED) is 0.579. The van der Waals surface area contributed by atoms with Crippen molar-refractivity contribution in [1.82, 2.24) is 14.9 Å². The number of amides is 1. The topological polar surface area (TPSA) is 88.4 Å². The van der Waals surface area contributed by atoms with Gasteiger partial charge < -0.3 is 19.0 Å². The van der Waals surface area contributed by atoms with Crippen LogP contribution >= 0.6 is 0 Å². The number of rotatable bonds is 8. The molecule has 2 atom stereocenters. The molecular weight excluding hydrogens is 382 g/mol. The minimum atomic E-state index is -0.220. The number of carbonyl (C=O) groups is 1. The molecule has 0 radical (unpaired) electrons. The number of methoxy groups -OCH3 is 1. The number of H-pyrrole nitrogens is 1. The van der Waals surface area contributed by atoms with E-state index in [2.05, 4.69) is 16.9 Å². The third-order valence-corrected chi connectivity index (χ3v) is 5.39. The molecule has 2 aromatic heterocycles. The summed E-state index contributed by atoms with van der Waals surface area (Å²) in [6, 6.07) is 11.0. The SMILES string of the molecule is COCCN(Cc1nc2ccccc2c(=O)[nH]1)C(=O)C=Cc1ccc(C2CC2C)o1. The Bertz CT molecular complexity index is 1130. The highest BCUT2D eigenvalue weighted by Crippen LogP contribution is 2.47. The first kappa shape index (κ1) is 20.1. The van der Waals surface area contributed by atoms with E-state index in [0.29, 0.717) is 47.5 Å². The van der Waals surface area contributed by atoms with Crippen molar-refractivity contribution in [2.45, 2.75) is 25.8 Å². The van der Waals surface area contributed by atoms with Crippen LogP contribution in [0.5, 0.6) is 0 Å². The number of hydrogen-bond acceptors (Lipinski definition) is 5. The first-order chi connectivity index (χ1) is 14.5. The molecule has 156 valence electrons. The van der Waals surface area contributed by atoms with Crippen LogP contribution in [0.2, 0.25) is 0 Å². The highest BCUT2D eigenvalue weighted by molar-refractivity contribution is 5.91. The lowest BCUT2D eigenvalue weighted by Gasteiger charge is -2.20. The Hall–Kier alpha value is -3.19. The average molecular weight is 407 g/mol. The van der Waals surface area contributed by atoms with E-state index in [9.17, 15) is 9.59 Å². The molecule has 1 saturated carbocycles. The first-order valence-electron chi connectivity index (χ1n) is 10.1. The van der Waals surface area contributed by atoms with Crippen molar-refractivity contribution in [1.29, 1.82) is 0 Å². The third kappa shape index (κ3) is 4.52. The molecule has 1 fully saturated rings. The number of benzene rings is 1. The van der Waals surface area contributed by atoms with Crippen molar-refractivity contribution in [3.8, 4) is 0 Å². The molecule has 0 saturated heterocycles. The summed E-state index contributed by atoms with van der Waals surface area (Å²) in [7, 11) is 1.58. The number of aromatic amines is 1. The average Bonchev–Trinajstić information content (AvgIpc) is 3.29. The molecule has 1 aromatic carbocycles. The van der Waals surface area contributed by atoms with Crippen LogP contribution in [-0.4, -0.2) is 41.0 Å². The largest absolute Gasteiger partial charge is 0.461 e. The zero-order valence-corrected chi connectivity index (χ0v) is 17.1. The van der Waals surface area contributed by atoms with Gasteiger partial charge in [-0.1, -0.05) is 19.1 Å². The lowest BCUT2D eigenvalue weighted by Crippen LogP contribution is -2.33. The van der Waals surface area contributed by atoms with Gasteiger partial charge in [-0.05, 0) is 42.7 Å². The van der Waals surface area contributed by atoms with E-state index < -0.39 is 0 Å². The molecule has 30 heavy (non-hydrogen) atoms. The summed E-state index contributed by atoms with van der Waals surface area (Å²) >= 11 is 0. The molecule has 3 aromatic rings. The van der Waals surface area contributed by atoms with Gasteiger partial charge in [-0.15, -0.1) is 0 Å². The van der Waals surface area contributed by atoms with E-state index in [0.717, 1.165) is 12.2 Å². The van der Waals surface area contributed by atoms with E-state index >= 15 is 0 Å². The Kier molecular flexibility index (Phi) is 5.81. The van der Waals surface area contributed by atoms with Crippen molar-refractivity contribution in [3.63, 3.8) is 0 Å². The molecule has 1 aliphatic carbocycles. The van der Waals surface area contributed by atoms with Crippen molar-refractivity contribution in [3.05, 3.63) is 70.2 Å². The Morgan fingerprint density at radius 2 is 2.13 bits per heavy atom. The summed E-state index contributed by atoms with van der Waals surface area (Å²) in [5.41, 5.74) is 0.381. The molecule has 7 heteroatoms. The number of aromatic nitrogens is 2. The van der Waals surface area contributed by atoms with E-state index in [-0.39, 0.29) is 18.0 Å². The van der Waals surface area contributed by atoms with Crippen LogP contribution in [0.4, 0.5) is 0 Å². The maximum Gasteiger partial charge on any atom is 0.258 e. The molecule has 1 amide bonds. The van der Waals surface area contributed by atoms with Gasteiger partial charge in [0, 0.05) is 25.6 Å². The Morgan fingerprint density at radius 1 is 1.33 bits per heavy atom. The Morgan fingerprint density at radius 3 is 2.90 bits per heavy atom. The van der Waals surface area contributed by atoms with Gasteiger partial charge >= 0.3 is 0 Å². The van der Waals surface area contributed by atoms with Crippen LogP contribution in [0.1, 0.15) is 36.6 Å². The molecule has 0 bridgehead atoms. The summed E-state index contributed by atoms with van der Waals surface area (Å²) < 4.78 is 11.0. The van der Waals surface area contributed by atoms with E-state index in [1.165, 1.54) is 6.08 Å². The molecular formula is C23H25N3O4. The van der Waals surface area contributed by atoms with Crippen molar-refractivity contribution in [2.24, 2.45) is 5.92 Å².